The van der Waals surface area contributed by atoms with Gasteiger partial charge in [-0.3, -0.25) is 0 Å². The third-order valence-corrected chi connectivity index (χ3v) is 5.14. The van der Waals surface area contributed by atoms with Gasteiger partial charge in [-0.2, -0.15) is 17.6 Å². The first-order chi connectivity index (χ1) is 17.4. The van der Waals surface area contributed by atoms with E-state index in [4.69, 9.17) is 16.2 Å². The molecule has 0 fully saturated rings. The molecule has 11 heteroatoms. The first kappa shape index (κ1) is 27.1. The number of carboxylic acid groups (broad SMARTS) is 1. The predicted molar refractivity (Wildman–Crippen MR) is 129 cm³/mol. The topological polar surface area (TPSA) is 125 Å². The van der Waals surface area contributed by atoms with Crippen molar-refractivity contribution >= 4 is 29.4 Å². The van der Waals surface area contributed by atoms with Gasteiger partial charge in [0, 0.05) is 16.9 Å². The van der Waals surface area contributed by atoms with Crippen LogP contribution in [0, 0.1) is 0 Å². The Morgan fingerprint density at radius 3 is 2.14 bits per heavy atom. The lowest BCUT2D eigenvalue weighted by molar-refractivity contribution is -0.253. The van der Waals surface area contributed by atoms with Gasteiger partial charge in [0.2, 0.25) is 0 Å². The zero-order valence-corrected chi connectivity index (χ0v) is 19.2. The standard InChI is InChI=1S/C26H22F4N2O5/c27-25(28)26(29,30)37-21-11-9-20(10-12-21)36-24(35)17-3-1-15(2-4-17)13-18(23(33)34)6-5-16-7-8-19(31)14-22(16)32/h1-4,7-14,25H,5-6,31-32H2,(H,33,34). The molecule has 3 aromatic rings. The van der Waals surface area contributed by atoms with Crippen LogP contribution in [-0.4, -0.2) is 29.6 Å². The molecule has 0 aliphatic carbocycles. The fourth-order valence-corrected chi connectivity index (χ4v) is 3.21. The number of aliphatic carboxylic acids is 1. The van der Waals surface area contributed by atoms with Gasteiger partial charge in [0.15, 0.2) is 0 Å². The summed E-state index contributed by atoms with van der Waals surface area (Å²) in [5, 5.41) is 9.56. The highest BCUT2D eigenvalue weighted by atomic mass is 19.3. The van der Waals surface area contributed by atoms with Gasteiger partial charge in [-0.25, -0.2) is 9.59 Å². The second kappa shape index (κ2) is 11.5. The summed E-state index contributed by atoms with van der Waals surface area (Å²) in [6.07, 6.45) is -6.59. The maximum Gasteiger partial charge on any atom is 0.461 e. The van der Waals surface area contributed by atoms with Crippen molar-refractivity contribution in [3.63, 3.8) is 0 Å². The molecule has 0 saturated heterocycles. The molecular weight excluding hydrogens is 496 g/mol. The van der Waals surface area contributed by atoms with E-state index in [2.05, 4.69) is 4.74 Å². The van der Waals surface area contributed by atoms with E-state index in [9.17, 15) is 32.3 Å². The monoisotopic (exact) mass is 518 g/mol. The largest absolute Gasteiger partial charge is 0.478 e. The van der Waals surface area contributed by atoms with Crippen LogP contribution in [0.1, 0.15) is 27.9 Å². The van der Waals surface area contributed by atoms with Gasteiger partial charge in [0.1, 0.15) is 11.5 Å². The molecule has 0 spiro atoms. The molecule has 0 aromatic heterocycles. The van der Waals surface area contributed by atoms with E-state index in [-0.39, 0.29) is 23.3 Å². The van der Waals surface area contributed by atoms with Crippen LogP contribution in [0.5, 0.6) is 11.5 Å². The Morgan fingerprint density at radius 2 is 1.57 bits per heavy atom. The number of halogens is 4. The number of alkyl halides is 4. The molecule has 3 aromatic carbocycles. The Morgan fingerprint density at radius 1 is 0.946 bits per heavy atom. The zero-order valence-electron chi connectivity index (χ0n) is 19.2. The van der Waals surface area contributed by atoms with Crippen LogP contribution in [0.4, 0.5) is 28.9 Å². The van der Waals surface area contributed by atoms with Crippen molar-refractivity contribution in [1.82, 2.24) is 0 Å². The molecule has 0 unspecified atom stereocenters. The number of carbonyl (C=O) groups excluding carboxylic acids is 1. The molecule has 0 saturated carbocycles. The third kappa shape index (κ3) is 7.47. The minimum absolute atomic E-state index is 0.0307. The summed E-state index contributed by atoms with van der Waals surface area (Å²) < 4.78 is 59.5. The minimum atomic E-state index is -4.65. The van der Waals surface area contributed by atoms with E-state index in [1.807, 2.05) is 0 Å². The molecule has 3 rings (SSSR count). The molecule has 37 heavy (non-hydrogen) atoms. The van der Waals surface area contributed by atoms with Crippen molar-refractivity contribution in [2.24, 2.45) is 0 Å². The van der Waals surface area contributed by atoms with Crippen LogP contribution >= 0.6 is 0 Å². The number of ether oxygens (including phenoxy) is 2. The van der Waals surface area contributed by atoms with Gasteiger partial charge in [0.25, 0.3) is 0 Å². The first-order valence-electron chi connectivity index (χ1n) is 10.8. The van der Waals surface area contributed by atoms with E-state index in [1.54, 1.807) is 18.2 Å². The predicted octanol–water partition coefficient (Wildman–Crippen LogP) is 5.41. The summed E-state index contributed by atoms with van der Waals surface area (Å²) >= 11 is 0. The molecule has 0 amide bonds. The molecule has 0 radical (unpaired) electrons. The molecule has 0 aliphatic heterocycles. The second-order valence-electron chi connectivity index (χ2n) is 7.88. The lowest BCUT2D eigenvalue weighted by Crippen LogP contribution is -2.33. The number of hydrogen-bond acceptors (Lipinski definition) is 6. The van der Waals surface area contributed by atoms with Crippen LogP contribution < -0.4 is 20.9 Å². The van der Waals surface area contributed by atoms with Crippen LogP contribution in [-0.2, 0) is 11.2 Å². The number of carbonyl (C=O) groups is 2. The van der Waals surface area contributed by atoms with Gasteiger partial charge < -0.3 is 26.0 Å². The molecule has 0 heterocycles. The number of rotatable bonds is 10. The Balaban J connectivity index is 1.63. The maximum absolute atomic E-state index is 13.0. The van der Waals surface area contributed by atoms with Crippen molar-refractivity contribution in [1.29, 1.82) is 0 Å². The SMILES string of the molecule is Nc1ccc(CCC(=Cc2ccc(C(=O)Oc3ccc(OC(F)(F)C(F)F)cc3)cc2)C(=O)O)c(N)c1. The number of aryl methyl sites for hydroxylation is 1. The Hall–Kier alpha value is -4.54. The van der Waals surface area contributed by atoms with Crippen molar-refractivity contribution in [2.45, 2.75) is 25.4 Å². The van der Waals surface area contributed by atoms with Gasteiger partial charge in [-0.05, 0) is 78.6 Å². The average Bonchev–Trinajstić information content (AvgIpc) is 2.84. The lowest BCUT2D eigenvalue weighted by Gasteiger charge is -2.16. The normalized spacial score (nSPS) is 11.9. The van der Waals surface area contributed by atoms with Crippen LogP contribution in [0.2, 0.25) is 0 Å². The Bertz CT molecular complexity index is 1290. The van der Waals surface area contributed by atoms with Crippen molar-refractivity contribution < 1.29 is 41.7 Å². The Labute approximate surface area is 208 Å². The van der Waals surface area contributed by atoms with Crippen LogP contribution in [0.15, 0.2) is 72.3 Å². The van der Waals surface area contributed by atoms with Gasteiger partial charge >= 0.3 is 24.5 Å². The summed E-state index contributed by atoms with van der Waals surface area (Å²) in [4.78, 5) is 24.1. The molecule has 0 bridgehead atoms. The highest BCUT2D eigenvalue weighted by Gasteiger charge is 2.43. The van der Waals surface area contributed by atoms with Crippen molar-refractivity contribution in [3.05, 3.63) is 89.0 Å². The summed E-state index contributed by atoms with van der Waals surface area (Å²) in [5.41, 5.74) is 14.1. The van der Waals surface area contributed by atoms with E-state index < -0.39 is 30.2 Å². The Kier molecular flexibility index (Phi) is 8.38. The number of hydrogen-bond donors (Lipinski definition) is 3. The molecule has 5 N–H and O–H groups in total. The maximum atomic E-state index is 13.0. The molecule has 194 valence electrons. The molecule has 0 aliphatic rings. The minimum Gasteiger partial charge on any atom is -0.478 e. The van der Waals surface area contributed by atoms with E-state index in [1.165, 1.54) is 30.3 Å². The number of esters is 1. The number of nitrogen functional groups attached to an aromatic ring is 2. The number of carboxylic acids is 1. The number of anilines is 2. The van der Waals surface area contributed by atoms with E-state index >= 15 is 0 Å². The van der Waals surface area contributed by atoms with E-state index in [0.29, 0.717) is 23.4 Å². The van der Waals surface area contributed by atoms with Crippen molar-refractivity contribution in [2.75, 3.05) is 11.5 Å². The fraction of sp³-hybridized carbons (Fsp3) is 0.154. The van der Waals surface area contributed by atoms with Crippen LogP contribution in [0.3, 0.4) is 0 Å². The van der Waals surface area contributed by atoms with E-state index in [0.717, 1.165) is 29.8 Å². The van der Waals surface area contributed by atoms with Gasteiger partial charge in [-0.1, -0.05) is 18.2 Å². The highest BCUT2D eigenvalue weighted by molar-refractivity contribution is 5.93. The smallest absolute Gasteiger partial charge is 0.461 e. The lowest BCUT2D eigenvalue weighted by atomic mass is 10.0. The third-order valence-electron chi connectivity index (χ3n) is 5.14. The van der Waals surface area contributed by atoms with Gasteiger partial charge in [0.05, 0.1) is 5.56 Å². The van der Waals surface area contributed by atoms with Gasteiger partial charge in [-0.15, -0.1) is 0 Å². The fourth-order valence-electron chi connectivity index (χ4n) is 3.21. The number of nitrogens with two attached hydrogens (primary N) is 2. The summed E-state index contributed by atoms with van der Waals surface area (Å²) in [5.74, 6) is -2.44. The molecule has 0 atom stereocenters. The second-order valence-corrected chi connectivity index (χ2v) is 7.88. The summed E-state index contributed by atoms with van der Waals surface area (Å²) in [7, 11) is 0. The summed E-state index contributed by atoms with van der Waals surface area (Å²) in [6, 6.07) is 15.1. The molecular formula is C26H22F4N2O5. The first-order valence-corrected chi connectivity index (χ1v) is 10.8. The zero-order chi connectivity index (χ0) is 27.2. The highest BCUT2D eigenvalue weighted by Crippen LogP contribution is 2.29. The van der Waals surface area contributed by atoms with Crippen molar-refractivity contribution in [3.8, 4) is 11.5 Å². The molecule has 7 nitrogen and oxygen atoms in total. The number of benzene rings is 3. The van der Waals surface area contributed by atoms with Crippen LogP contribution in [0.25, 0.3) is 6.08 Å². The average molecular weight is 518 g/mol. The quantitative estimate of drug-likeness (QED) is 0.108. The summed E-state index contributed by atoms with van der Waals surface area (Å²) in [6.45, 7) is 0.